The smallest absolute Gasteiger partial charge is 0.228 e. The first-order valence-electron chi connectivity index (χ1n) is 8.79. The molecule has 2 aromatic heterocycles. The number of nitrogens with zero attached hydrogens (tertiary/aromatic N) is 6. The quantitative estimate of drug-likeness (QED) is 0.464. The maximum absolute atomic E-state index is 4.23. The summed E-state index contributed by atoms with van der Waals surface area (Å²) >= 11 is 2.99. The number of nitrogens with one attached hydrogen (secondary N) is 4. The van der Waals surface area contributed by atoms with E-state index in [2.05, 4.69) is 51.2 Å². The van der Waals surface area contributed by atoms with Crippen molar-refractivity contribution in [3.63, 3.8) is 0 Å². The Kier molecular flexibility index (Phi) is 10.6. The van der Waals surface area contributed by atoms with Crippen molar-refractivity contribution in [1.82, 2.24) is 29.9 Å². The van der Waals surface area contributed by atoms with Crippen LogP contribution in [0.5, 0.6) is 0 Å². The lowest BCUT2D eigenvalue weighted by Crippen LogP contribution is -2.14. The molecular formula is C16H30N10S2. The Balaban J connectivity index is 0.000000280. The summed E-state index contributed by atoms with van der Waals surface area (Å²) in [7, 11) is 3.58. The van der Waals surface area contributed by atoms with Gasteiger partial charge in [-0.2, -0.15) is 29.9 Å². The second-order valence-electron chi connectivity index (χ2n) is 6.04. The monoisotopic (exact) mass is 426 g/mol. The van der Waals surface area contributed by atoms with Gasteiger partial charge in [0.1, 0.15) is 0 Å². The van der Waals surface area contributed by atoms with E-state index in [-0.39, 0.29) is 0 Å². The number of rotatable bonds is 8. The predicted octanol–water partition coefficient (Wildman–Crippen LogP) is 2.91. The SMILES string of the molecule is CNc1nc(NC(C)C)nc(SC)n1.CNc1nc(NC(C)C)nc(SC)n1. The van der Waals surface area contributed by atoms with Gasteiger partial charge in [-0.25, -0.2) is 0 Å². The topological polar surface area (TPSA) is 125 Å². The zero-order valence-corrected chi connectivity index (χ0v) is 19.3. The highest BCUT2D eigenvalue weighted by atomic mass is 32.2. The van der Waals surface area contributed by atoms with Gasteiger partial charge in [-0.3, -0.25) is 0 Å². The molecule has 0 unspecified atom stereocenters. The van der Waals surface area contributed by atoms with Gasteiger partial charge in [0.25, 0.3) is 0 Å². The number of anilines is 4. The molecule has 0 saturated carbocycles. The Bertz CT molecular complexity index is 621. The molecule has 0 aromatic carbocycles. The van der Waals surface area contributed by atoms with Crippen LogP contribution >= 0.6 is 23.5 Å². The van der Waals surface area contributed by atoms with Crippen molar-refractivity contribution < 1.29 is 0 Å². The zero-order chi connectivity index (χ0) is 21.1. The highest BCUT2D eigenvalue weighted by Crippen LogP contribution is 2.14. The Morgan fingerprint density at radius 2 is 0.893 bits per heavy atom. The molecule has 0 bridgehead atoms. The fraction of sp³-hybridized carbons (Fsp3) is 0.625. The van der Waals surface area contributed by atoms with Gasteiger partial charge in [0.05, 0.1) is 0 Å². The molecule has 10 nitrogen and oxygen atoms in total. The first-order valence-corrected chi connectivity index (χ1v) is 11.2. The van der Waals surface area contributed by atoms with Gasteiger partial charge >= 0.3 is 0 Å². The molecule has 12 heteroatoms. The number of aromatic nitrogens is 6. The van der Waals surface area contributed by atoms with Crippen molar-refractivity contribution in [3.05, 3.63) is 0 Å². The third kappa shape index (κ3) is 8.74. The molecule has 2 rings (SSSR count). The van der Waals surface area contributed by atoms with Gasteiger partial charge in [0, 0.05) is 26.2 Å². The molecule has 0 saturated heterocycles. The van der Waals surface area contributed by atoms with E-state index in [1.807, 2.05) is 40.2 Å². The van der Waals surface area contributed by atoms with Crippen LogP contribution in [0.2, 0.25) is 0 Å². The molecule has 28 heavy (non-hydrogen) atoms. The number of hydrogen-bond acceptors (Lipinski definition) is 12. The van der Waals surface area contributed by atoms with Gasteiger partial charge in [-0.15, -0.1) is 0 Å². The summed E-state index contributed by atoms with van der Waals surface area (Å²) in [5.41, 5.74) is 0. The highest BCUT2D eigenvalue weighted by Gasteiger charge is 2.06. The van der Waals surface area contributed by atoms with Crippen LogP contribution in [-0.4, -0.2) is 68.6 Å². The lowest BCUT2D eigenvalue weighted by Gasteiger charge is -2.09. The average Bonchev–Trinajstić information content (AvgIpc) is 2.66. The van der Waals surface area contributed by atoms with Crippen LogP contribution in [0, 0.1) is 0 Å². The van der Waals surface area contributed by atoms with Gasteiger partial charge in [0.2, 0.25) is 23.8 Å². The lowest BCUT2D eigenvalue weighted by molar-refractivity contribution is 0.838. The standard InChI is InChI=1S/2C8H15N5S/c2*1-5(2)10-7-11-6(9-3)12-8(13-7)14-4/h2*5H,1-4H3,(H2,9,10,11,12,13). The van der Waals surface area contributed by atoms with Gasteiger partial charge in [-0.05, 0) is 40.2 Å². The largest absolute Gasteiger partial charge is 0.357 e. The summed E-state index contributed by atoms with van der Waals surface area (Å²) < 4.78 is 0. The van der Waals surface area contributed by atoms with Crippen LogP contribution in [0.1, 0.15) is 27.7 Å². The fourth-order valence-corrected chi connectivity index (χ4v) is 2.48. The van der Waals surface area contributed by atoms with Crippen LogP contribution in [0.25, 0.3) is 0 Å². The highest BCUT2D eigenvalue weighted by molar-refractivity contribution is 7.98. The molecule has 0 spiro atoms. The zero-order valence-electron chi connectivity index (χ0n) is 17.7. The fourth-order valence-electron chi connectivity index (χ4n) is 1.76. The summed E-state index contributed by atoms with van der Waals surface area (Å²) in [6.45, 7) is 8.17. The normalized spacial score (nSPS) is 10.4. The van der Waals surface area contributed by atoms with E-state index >= 15 is 0 Å². The number of hydrogen-bond donors (Lipinski definition) is 4. The summed E-state index contributed by atoms with van der Waals surface area (Å²) in [4.78, 5) is 25.2. The molecule has 0 aliphatic heterocycles. The number of thioether (sulfide) groups is 2. The van der Waals surface area contributed by atoms with Crippen LogP contribution in [0.4, 0.5) is 23.8 Å². The van der Waals surface area contributed by atoms with Crippen molar-refractivity contribution >= 4 is 47.3 Å². The Hall–Kier alpha value is -2.08. The van der Waals surface area contributed by atoms with Crippen LogP contribution < -0.4 is 21.3 Å². The second-order valence-corrected chi connectivity index (χ2v) is 7.58. The third-order valence-electron chi connectivity index (χ3n) is 2.88. The van der Waals surface area contributed by atoms with Gasteiger partial charge in [0.15, 0.2) is 10.3 Å². The van der Waals surface area contributed by atoms with Crippen molar-refractivity contribution in [3.8, 4) is 0 Å². The Morgan fingerprint density at radius 1 is 0.571 bits per heavy atom. The van der Waals surface area contributed by atoms with E-state index in [0.717, 1.165) is 0 Å². The summed E-state index contributed by atoms with van der Waals surface area (Å²) in [5, 5.41) is 13.5. The van der Waals surface area contributed by atoms with E-state index < -0.39 is 0 Å². The van der Waals surface area contributed by atoms with E-state index in [0.29, 0.717) is 46.2 Å². The van der Waals surface area contributed by atoms with E-state index in [1.165, 1.54) is 23.5 Å². The Morgan fingerprint density at radius 3 is 1.14 bits per heavy atom. The molecule has 0 atom stereocenters. The van der Waals surface area contributed by atoms with Crippen LogP contribution in [0.15, 0.2) is 10.3 Å². The molecule has 2 aromatic rings. The van der Waals surface area contributed by atoms with Crippen molar-refractivity contribution in [1.29, 1.82) is 0 Å². The summed E-state index contributed by atoms with van der Waals surface area (Å²) in [5.74, 6) is 2.41. The minimum absolute atomic E-state index is 0.316. The Labute approximate surface area is 175 Å². The first kappa shape index (κ1) is 24.0. The van der Waals surface area contributed by atoms with Crippen LogP contribution in [0.3, 0.4) is 0 Å². The van der Waals surface area contributed by atoms with Crippen LogP contribution in [-0.2, 0) is 0 Å². The van der Waals surface area contributed by atoms with Gasteiger partial charge < -0.3 is 21.3 Å². The molecule has 0 radical (unpaired) electrons. The van der Waals surface area contributed by atoms with Gasteiger partial charge in [-0.1, -0.05) is 23.5 Å². The molecular weight excluding hydrogens is 396 g/mol. The minimum atomic E-state index is 0.316. The van der Waals surface area contributed by atoms with E-state index in [4.69, 9.17) is 0 Å². The molecule has 0 amide bonds. The van der Waals surface area contributed by atoms with Crippen molar-refractivity contribution in [2.75, 3.05) is 47.9 Å². The maximum atomic E-state index is 4.23. The molecule has 0 aliphatic carbocycles. The third-order valence-corrected chi connectivity index (χ3v) is 3.97. The second kappa shape index (κ2) is 12.4. The van der Waals surface area contributed by atoms with Crippen molar-refractivity contribution in [2.45, 2.75) is 50.1 Å². The molecule has 156 valence electrons. The molecule has 4 N–H and O–H groups in total. The average molecular weight is 427 g/mol. The van der Waals surface area contributed by atoms with Crippen molar-refractivity contribution in [2.24, 2.45) is 0 Å². The molecule has 2 heterocycles. The minimum Gasteiger partial charge on any atom is -0.357 e. The summed E-state index contributed by atoms with van der Waals surface area (Å²) in [6, 6.07) is 0.633. The predicted molar refractivity (Wildman–Crippen MR) is 120 cm³/mol. The lowest BCUT2D eigenvalue weighted by atomic mass is 10.4. The first-order chi connectivity index (χ1) is 13.3. The van der Waals surface area contributed by atoms with E-state index in [1.54, 1.807) is 14.1 Å². The van der Waals surface area contributed by atoms with E-state index in [9.17, 15) is 0 Å². The molecule has 0 fully saturated rings. The summed E-state index contributed by atoms with van der Waals surface area (Å²) in [6.07, 6.45) is 3.88. The maximum Gasteiger partial charge on any atom is 0.228 e. The molecule has 0 aliphatic rings.